The molecule has 0 heterocycles. The van der Waals surface area contributed by atoms with Gasteiger partial charge in [0.2, 0.25) is 0 Å². The predicted octanol–water partition coefficient (Wildman–Crippen LogP) is 4.49. The van der Waals surface area contributed by atoms with Crippen LogP contribution in [0.25, 0.3) is 11.1 Å². The number of benzene rings is 2. The number of aldehydes is 1. The fourth-order valence-corrected chi connectivity index (χ4v) is 1.94. The minimum Gasteiger partial charge on any atom is -0.298 e. The molecule has 0 saturated carbocycles. The smallest absolute Gasteiger partial charge is 0.298 e. The molecule has 0 unspecified atom stereocenters. The first-order chi connectivity index (χ1) is 8.91. The lowest BCUT2D eigenvalue weighted by Crippen LogP contribution is -2.05. The zero-order valence-corrected chi connectivity index (χ0v) is 10.2. The van der Waals surface area contributed by atoms with Gasteiger partial charge in [-0.25, -0.2) is 0 Å². The highest BCUT2D eigenvalue weighted by atomic mass is 19.4. The van der Waals surface area contributed by atoms with Crippen LogP contribution in [0, 0.1) is 6.92 Å². The van der Waals surface area contributed by atoms with Gasteiger partial charge in [-0.2, -0.15) is 13.2 Å². The molecule has 0 aromatic heterocycles. The number of rotatable bonds is 2. The van der Waals surface area contributed by atoms with Gasteiger partial charge in [0.15, 0.2) is 0 Å². The summed E-state index contributed by atoms with van der Waals surface area (Å²) >= 11 is 0. The summed E-state index contributed by atoms with van der Waals surface area (Å²) in [6, 6.07) is 10.4. The third kappa shape index (κ3) is 2.84. The summed E-state index contributed by atoms with van der Waals surface area (Å²) in [5.41, 5.74) is 1.78. The minimum atomic E-state index is -4.34. The van der Waals surface area contributed by atoms with E-state index in [-0.39, 0.29) is 0 Å². The lowest BCUT2D eigenvalue weighted by molar-refractivity contribution is -0.137. The van der Waals surface area contributed by atoms with E-state index in [9.17, 15) is 18.0 Å². The van der Waals surface area contributed by atoms with Crippen LogP contribution in [0.3, 0.4) is 0 Å². The molecule has 0 aliphatic heterocycles. The van der Waals surface area contributed by atoms with Crippen LogP contribution < -0.4 is 0 Å². The first-order valence-electron chi connectivity index (χ1n) is 5.65. The first kappa shape index (κ1) is 13.3. The van der Waals surface area contributed by atoms with Crippen LogP contribution in [0.1, 0.15) is 21.5 Å². The van der Waals surface area contributed by atoms with E-state index in [0.29, 0.717) is 23.0 Å². The molecule has 0 aliphatic rings. The monoisotopic (exact) mass is 264 g/mol. The molecule has 0 atom stereocenters. The Kier molecular flexibility index (Phi) is 3.42. The molecular formula is C15H11F3O. The molecule has 0 fully saturated rings. The van der Waals surface area contributed by atoms with Crippen molar-refractivity contribution in [2.75, 3.05) is 0 Å². The summed E-state index contributed by atoms with van der Waals surface area (Å²) in [6.07, 6.45) is -3.63. The van der Waals surface area contributed by atoms with Gasteiger partial charge in [-0.05, 0) is 41.8 Å². The van der Waals surface area contributed by atoms with Gasteiger partial charge in [0.05, 0.1) is 5.56 Å². The molecule has 2 aromatic carbocycles. The van der Waals surface area contributed by atoms with Crippen LogP contribution in [-0.4, -0.2) is 6.29 Å². The van der Waals surface area contributed by atoms with Crippen molar-refractivity contribution in [3.8, 4) is 11.1 Å². The minimum absolute atomic E-state index is 0.497. The van der Waals surface area contributed by atoms with Gasteiger partial charge in [-0.3, -0.25) is 4.79 Å². The Labute approximate surface area is 108 Å². The maximum atomic E-state index is 12.6. The summed E-state index contributed by atoms with van der Waals surface area (Å²) in [6.45, 7) is 1.62. The van der Waals surface area contributed by atoms with Crippen molar-refractivity contribution in [1.82, 2.24) is 0 Å². The second-order valence-corrected chi connectivity index (χ2v) is 4.27. The van der Waals surface area contributed by atoms with Crippen molar-refractivity contribution < 1.29 is 18.0 Å². The summed E-state index contributed by atoms with van der Waals surface area (Å²) in [4.78, 5) is 10.7. The third-order valence-electron chi connectivity index (χ3n) is 2.89. The molecule has 98 valence electrons. The van der Waals surface area contributed by atoms with Crippen molar-refractivity contribution in [3.63, 3.8) is 0 Å². The average molecular weight is 264 g/mol. The molecule has 0 aliphatic carbocycles. The van der Waals surface area contributed by atoms with Crippen LogP contribution in [0.2, 0.25) is 0 Å². The highest BCUT2D eigenvalue weighted by Gasteiger charge is 2.30. The van der Waals surface area contributed by atoms with E-state index in [0.717, 1.165) is 17.7 Å². The van der Waals surface area contributed by atoms with Crippen LogP contribution in [0.4, 0.5) is 13.2 Å². The maximum absolute atomic E-state index is 12.6. The lowest BCUT2D eigenvalue weighted by Gasteiger charge is -2.11. The summed E-state index contributed by atoms with van der Waals surface area (Å²) in [7, 11) is 0. The molecular weight excluding hydrogens is 253 g/mol. The van der Waals surface area contributed by atoms with E-state index in [1.54, 1.807) is 31.2 Å². The zero-order valence-electron chi connectivity index (χ0n) is 10.2. The van der Waals surface area contributed by atoms with E-state index in [1.165, 1.54) is 6.07 Å². The van der Waals surface area contributed by atoms with Gasteiger partial charge in [-0.15, -0.1) is 0 Å². The fraction of sp³-hybridized carbons (Fsp3) is 0.133. The van der Waals surface area contributed by atoms with E-state index >= 15 is 0 Å². The summed E-state index contributed by atoms with van der Waals surface area (Å²) < 4.78 is 37.7. The summed E-state index contributed by atoms with van der Waals surface area (Å²) in [5, 5.41) is 0. The van der Waals surface area contributed by atoms with E-state index in [2.05, 4.69) is 0 Å². The SMILES string of the molecule is Cc1cc(C(F)(F)F)ccc1-c1cccc(C=O)c1. The van der Waals surface area contributed by atoms with Crippen molar-refractivity contribution in [2.45, 2.75) is 13.1 Å². The normalized spacial score (nSPS) is 11.4. The third-order valence-corrected chi connectivity index (χ3v) is 2.89. The largest absolute Gasteiger partial charge is 0.416 e. The maximum Gasteiger partial charge on any atom is 0.416 e. The number of alkyl halides is 3. The lowest BCUT2D eigenvalue weighted by atomic mass is 9.97. The average Bonchev–Trinajstić information content (AvgIpc) is 2.37. The molecule has 0 spiro atoms. The molecule has 0 amide bonds. The van der Waals surface area contributed by atoms with Crippen molar-refractivity contribution in [3.05, 3.63) is 59.2 Å². The van der Waals surface area contributed by atoms with Gasteiger partial charge in [0.1, 0.15) is 6.29 Å². The fourth-order valence-electron chi connectivity index (χ4n) is 1.94. The van der Waals surface area contributed by atoms with Gasteiger partial charge in [0, 0.05) is 5.56 Å². The standard InChI is InChI=1S/C15H11F3O/c1-10-7-13(15(16,17)18)5-6-14(10)12-4-2-3-11(8-12)9-19/h2-9H,1H3. The second kappa shape index (κ2) is 4.88. The van der Waals surface area contributed by atoms with E-state index in [4.69, 9.17) is 0 Å². The Morgan fingerprint density at radius 3 is 2.37 bits per heavy atom. The molecule has 0 saturated heterocycles. The van der Waals surface area contributed by atoms with Gasteiger partial charge >= 0.3 is 6.18 Å². The number of halogens is 3. The Hall–Kier alpha value is -2.10. The van der Waals surface area contributed by atoms with Crippen molar-refractivity contribution in [1.29, 1.82) is 0 Å². The number of aryl methyl sites for hydroxylation is 1. The highest BCUT2D eigenvalue weighted by molar-refractivity contribution is 5.79. The Balaban J connectivity index is 2.49. The van der Waals surface area contributed by atoms with Crippen molar-refractivity contribution >= 4 is 6.29 Å². The number of hydrogen-bond donors (Lipinski definition) is 0. The van der Waals surface area contributed by atoms with Gasteiger partial charge in [-0.1, -0.05) is 24.3 Å². The van der Waals surface area contributed by atoms with Crippen LogP contribution in [-0.2, 0) is 6.18 Å². The van der Waals surface area contributed by atoms with Crippen LogP contribution in [0.5, 0.6) is 0 Å². The van der Waals surface area contributed by atoms with Crippen LogP contribution in [0.15, 0.2) is 42.5 Å². The van der Waals surface area contributed by atoms with Crippen molar-refractivity contribution in [2.24, 2.45) is 0 Å². The molecule has 1 nitrogen and oxygen atoms in total. The Bertz CT molecular complexity index is 615. The summed E-state index contributed by atoms with van der Waals surface area (Å²) in [5.74, 6) is 0. The van der Waals surface area contributed by atoms with Crippen LogP contribution >= 0.6 is 0 Å². The van der Waals surface area contributed by atoms with E-state index < -0.39 is 11.7 Å². The highest BCUT2D eigenvalue weighted by Crippen LogP contribution is 2.33. The quantitative estimate of drug-likeness (QED) is 0.730. The van der Waals surface area contributed by atoms with E-state index in [1.807, 2.05) is 0 Å². The molecule has 4 heteroatoms. The zero-order chi connectivity index (χ0) is 14.0. The predicted molar refractivity (Wildman–Crippen MR) is 67.0 cm³/mol. The number of carbonyl (C=O) groups is 1. The van der Waals surface area contributed by atoms with Gasteiger partial charge in [0.25, 0.3) is 0 Å². The molecule has 2 aromatic rings. The number of hydrogen-bond acceptors (Lipinski definition) is 1. The molecule has 0 radical (unpaired) electrons. The van der Waals surface area contributed by atoms with Gasteiger partial charge < -0.3 is 0 Å². The molecule has 19 heavy (non-hydrogen) atoms. The molecule has 2 rings (SSSR count). The topological polar surface area (TPSA) is 17.1 Å². The first-order valence-corrected chi connectivity index (χ1v) is 5.65. The molecule has 0 N–H and O–H groups in total. The molecule has 0 bridgehead atoms. The second-order valence-electron chi connectivity index (χ2n) is 4.27. The Morgan fingerprint density at radius 2 is 1.79 bits per heavy atom. The Morgan fingerprint density at radius 1 is 1.05 bits per heavy atom. The number of carbonyl (C=O) groups excluding carboxylic acids is 1.